The second kappa shape index (κ2) is 9.87. The van der Waals surface area contributed by atoms with Gasteiger partial charge >= 0.3 is 0 Å². The molecular formula is C21H24ClFN2O4S. The fraction of sp³-hybridized carbons (Fsp3) is 0.381. The SMILES string of the molecule is COCc1cccc(CNC(=O)C2CCN(S(=O)(=O)c3ccc(F)c(Cl)c3)CC2)c1. The average Bonchev–Trinajstić information content (AvgIpc) is 2.74. The Morgan fingerprint density at radius 3 is 2.57 bits per heavy atom. The molecule has 2 aromatic carbocycles. The van der Waals surface area contributed by atoms with Crippen LogP contribution in [0.25, 0.3) is 0 Å². The Morgan fingerprint density at radius 1 is 1.20 bits per heavy atom. The summed E-state index contributed by atoms with van der Waals surface area (Å²) >= 11 is 5.72. The summed E-state index contributed by atoms with van der Waals surface area (Å²) in [6, 6.07) is 11.1. The van der Waals surface area contributed by atoms with Crippen LogP contribution >= 0.6 is 11.6 Å². The quantitative estimate of drug-likeness (QED) is 0.696. The largest absolute Gasteiger partial charge is 0.380 e. The summed E-state index contributed by atoms with van der Waals surface area (Å²) in [5, 5.41) is 2.69. The minimum absolute atomic E-state index is 0.0484. The molecular weight excluding hydrogens is 431 g/mol. The van der Waals surface area contributed by atoms with Crippen molar-refractivity contribution in [3.05, 3.63) is 64.4 Å². The highest BCUT2D eigenvalue weighted by molar-refractivity contribution is 7.89. The van der Waals surface area contributed by atoms with E-state index in [4.69, 9.17) is 16.3 Å². The van der Waals surface area contributed by atoms with Crippen molar-refractivity contribution in [2.24, 2.45) is 5.92 Å². The van der Waals surface area contributed by atoms with Gasteiger partial charge in [0.15, 0.2) is 0 Å². The van der Waals surface area contributed by atoms with E-state index in [0.717, 1.165) is 23.3 Å². The van der Waals surface area contributed by atoms with E-state index in [1.807, 2.05) is 24.3 Å². The summed E-state index contributed by atoms with van der Waals surface area (Å²) in [5.74, 6) is -1.01. The molecule has 1 N–H and O–H groups in total. The molecule has 0 bridgehead atoms. The van der Waals surface area contributed by atoms with E-state index in [-0.39, 0.29) is 34.8 Å². The van der Waals surface area contributed by atoms with Gasteiger partial charge in [0.2, 0.25) is 15.9 Å². The van der Waals surface area contributed by atoms with Crippen LogP contribution in [0.1, 0.15) is 24.0 Å². The smallest absolute Gasteiger partial charge is 0.243 e. The molecule has 9 heteroatoms. The van der Waals surface area contributed by atoms with Crippen molar-refractivity contribution >= 4 is 27.5 Å². The van der Waals surface area contributed by atoms with Gasteiger partial charge in [-0.15, -0.1) is 0 Å². The van der Waals surface area contributed by atoms with E-state index >= 15 is 0 Å². The fourth-order valence-corrected chi connectivity index (χ4v) is 5.22. The number of hydrogen-bond acceptors (Lipinski definition) is 4. The molecule has 1 fully saturated rings. The lowest BCUT2D eigenvalue weighted by Crippen LogP contribution is -2.42. The zero-order chi connectivity index (χ0) is 21.7. The number of carbonyl (C=O) groups is 1. The lowest BCUT2D eigenvalue weighted by Gasteiger charge is -2.30. The number of methoxy groups -OCH3 is 1. The number of benzene rings is 2. The summed E-state index contributed by atoms with van der Waals surface area (Å²) < 4.78 is 45.3. The summed E-state index contributed by atoms with van der Waals surface area (Å²) in [4.78, 5) is 12.5. The molecule has 3 rings (SSSR count). The van der Waals surface area contributed by atoms with Gasteiger partial charge in [-0.25, -0.2) is 12.8 Å². The summed E-state index contributed by atoms with van der Waals surface area (Å²) in [7, 11) is -2.15. The second-order valence-corrected chi connectivity index (χ2v) is 9.57. The molecule has 1 saturated heterocycles. The van der Waals surface area contributed by atoms with Gasteiger partial charge in [-0.3, -0.25) is 4.79 Å². The van der Waals surface area contributed by atoms with Crippen molar-refractivity contribution in [3.8, 4) is 0 Å². The van der Waals surface area contributed by atoms with Gasteiger partial charge in [-0.05, 0) is 42.2 Å². The van der Waals surface area contributed by atoms with Crippen molar-refractivity contribution in [1.82, 2.24) is 9.62 Å². The van der Waals surface area contributed by atoms with Gasteiger partial charge in [0, 0.05) is 32.7 Å². The number of nitrogens with zero attached hydrogens (tertiary/aromatic N) is 1. The number of ether oxygens (including phenoxy) is 1. The molecule has 0 radical (unpaired) electrons. The first-order valence-electron chi connectivity index (χ1n) is 9.61. The number of piperidine rings is 1. The Morgan fingerprint density at radius 2 is 1.90 bits per heavy atom. The number of nitrogens with one attached hydrogen (secondary N) is 1. The lowest BCUT2D eigenvalue weighted by molar-refractivity contribution is -0.126. The number of carbonyl (C=O) groups excluding carboxylic acids is 1. The standard InChI is InChI=1S/C21H24ClFN2O4S/c1-29-14-16-4-2-3-15(11-16)13-24-21(26)17-7-9-25(10-8-17)30(27,28)18-5-6-20(23)19(22)12-18/h2-6,11-12,17H,7-10,13-14H2,1H3,(H,24,26). The zero-order valence-corrected chi connectivity index (χ0v) is 18.2. The van der Waals surface area contributed by atoms with Crippen molar-refractivity contribution in [2.75, 3.05) is 20.2 Å². The summed E-state index contributed by atoms with van der Waals surface area (Å²) in [6.07, 6.45) is 0.841. The Hall–Kier alpha value is -2.00. The maximum Gasteiger partial charge on any atom is 0.243 e. The molecule has 0 saturated carbocycles. The predicted molar refractivity (Wildman–Crippen MR) is 112 cm³/mol. The van der Waals surface area contributed by atoms with Crippen molar-refractivity contribution in [1.29, 1.82) is 0 Å². The molecule has 0 unspecified atom stereocenters. The number of sulfonamides is 1. The summed E-state index contributed by atoms with van der Waals surface area (Å²) in [6.45, 7) is 1.36. The van der Waals surface area contributed by atoms with E-state index in [0.29, 0.717) is 26.0 Å². The van der Waals surface area contributed by atoms with Crippen LogP contribution in [0.15, 0.2) is 47.4 Å². The monoisotopic (exact) mass is 454 g/mol. The van der Waals surface area contributed by atoms with E-state index in [9.17, 15) is 17.6 Å². The van der Waals surface area contributed by atoms with Crippen LogP contribution in [0.3, 0.4) is 0 Å². The van der Waals surface area contributed by atoms with Crippen LogP contribution in [0.4, 0.5) is 4.39 Å². The highest BCUT2D eigenvalue weighted by atomic mass is 35.5. The van der Waals surface area contributed by atoms with E-state index < -0.39 is 15.8 Å². The molecule has 30 heavy (non-hydrogen) atoms. The van der Waals surface area contributed by atoms with Crippen LogP contribution in [0, 0.1) is 11.7 Å². The molecule has 1 heterocycles. The molecule has 0 aliphatic carbocycles. The molecule has 0 atom stereocenters. The molecule has 162 valence electrons. The molecule has 0 aromatic heterocycles. The molecule has 1 aliphatic heterocycles. The Kier molecular flexibility index (Phi) is 7.46. The van der Waals surface area contributed by atoms with Gasteiger partial charge < -0.3 is 10.1 Å². The van der Waals surface area contributed by atoms with Gasteiger partial charge in [-0.1, -0.05) is 35.9 Å². The first kappa shape index (κ1) is 22.7. The minimum atomic E-state index is -3.78. The van der Waals surface area contributed by atoms with Crippen molar-refractivity contribution in [3.63, 3.8) is 0 Å². The van der Waals surface area contributed by atoms with E-state index in [1.54, 1.807) is 7.11 Å². The van der Waals surface area contributed by atoms with Crippen molar-refractivity contribution in [2.45, 2.75) is 30.9 Å². The Bertz CT molecular complexity index is 1010. The Labute approximate surface area is 181 Å². The van der Waals surface area contributed by atoms with Gasteiger partial charge in [0.25, 0.3) is 0 Å². The van der Waals surface area contributed by atoms with Crippen LogP contribution in [0.5, 0.6) is 0 Å². The third kappa shape index (κ3) is 5.37. The van der Waals surface area contributed by atoms with Crippen LogP contribution in [0.2, 0.25) is 5.02 Å². The molecule has 6 nitrogen and oxygen atoms in total. The van der Waals surface area contributed by atoms with E-state index in [2.05, 4.69) is 5.32 Å². The molecule has 2 aromatic rings. The molecule has 0 spiro atoms. The van der Waals surface area contributed by atoms with Gasteiger partial charge in [-0.2, -0.15) is 4.31 Å². The number of rotatable bonds is 7. The van der Waals surface area contributed by atoms with Crippen LogP contribution < -0.4 is 5.32 Å². The molecule has 1 aliphatic rings. The average molecular weight is 455 g/mol. The normalized spacial score (nSPS) is 15.8. The number of amides is 1. The zero-order valence-electron chi connectivity index (χ0n) is 16.6. The predicted octanol–water partition coefficient (Wildman–Crippen LogP) is 3.34. The third-order valence-electron chi connectivity index (χ3n) is 5.12. The maximum atomic E-state index is 13.3. The Balaban J connectivity index is 1.55. The van der Waals surface area contributed by atoms with Crippen molar-refractivity contribution < 1.29 is 22.3 Å². The molecule has 1 amide bonds. The highest BCUT2D eigenvalue weighted by Gasteiger charge is 2.32. The topological polar surface area (TPSA) is 75.7 Å². The maximum absolute atomic E-state index is 13.3. The van der Waals surface area contributed by atoms with E-state index in [1.165, 1.54) is 10.4 Å². The van der Waals surface area contributed by atoms with Crippen LogP contribution in [-0.2, 0) is 32.7 Å². The van der Waals surface area contributed by atoms with Gasteiger partial charge in [0.05, 0.1) is 16.5 Å². The lowest BCUT2D eigenvalue weighted by atomic mass is 9.97. The number of halogens is 2. The number of hydrogen-bond donors (Lipinski definition) is 1. The third-order valence-corrected chi connectivity index (χ3v) is 7.31. The highest BCUT2D eigenvalue weighted by Crippen LogP contribution is 2.26. The fourth-order valence-electron chi connectivity index (χ4n) is 3.47. The first-order chi connectivity index (χ1) is 14.3. The second-order valence-electron chi connectivity index (χ2n) is 7.23. The van der Waals surface area contributed by atoms with Gasteiger partial charge in [0.1, 0.15) is 5.82 Å². The minimum Gasteiger partial charge on any atom is -0.380 e. The first-order valence-corrected chi connectivity index (χ1v) is 11.4. The van der Waals surface area contributed by atoms with Crippen LogP contribution in [-0.4, -0.2) is 38.8 Å². The summed E-state index contributed by atoms with van der Waals surface area (Å²) in [5.41, 5.74) is 2.01.